The molecule has 0 radical (unpaired) electrons. The monoisotopic (exact) mass is 286 g/mol. The lowest BCUT2D eigenvalue weighted by molar-refractivity contribution is 0.0374. The lowest BCUT2D eigenvalue weighted by Crippen LogP contribution is -2.37. The Morgan fingerprint density at radius 2 is 1.70 bits per heavy atom. The van der Waals surface area contributed by atoms with E-state index in [4.69, 9.17) is 9.47 Å². The minimum absolute atomic E-state index is 0.905. The first-order valence-corrected chi connectivity index (χ1v) is 8.52. The minimum Gasteiger partial charge on any atom is -0.381 e. The van der Waals surface area contributed by atoms with Gasteiger partial charge in [-0.05, 0) is 38.9 Å². The molecule has 20 heavy (non-hydrogen) atoms. The summed E-state index contributed by atoms with van der Waals surface area (Å²) in [5.41, 5.74) is 0. The van der Waals surface area contributed by atoms with E-state index in [0.717, 1.165) is 59.0 Å². The molecule has 0 saturated carbocycles. The summed E-state index contributed by atoms with van der Waals surface area (Å²) >= 11 is 0. The van der Waals surface area contributed by atoms with E-state index in [1.807, 2.05) is 0 Å². The number of hydrogen-bond donors (Lipinski definition) is 1. The van der Waals surface area contributed by atoms with E-state index in [0.29, 0.717) is 0 Å². The second kappa shape index (κ2) is 13.8. The third-order valence-electron chi connectivity index (χ3n) is 3.72. The summed E-state index contributed by atoms with van der Waals surface area (Å²) < 4.78 is 11.0. The first-order chi connectivity index (χ1) is 9.93. The maximum absolute atomic E-state index is 5.62. The van der Waals surface area contributed by atoms with Gasteiger partial charge in [-0.25, -0.2) is 0 Å². The summed E-state index contributed by atoms with van der Waals surface area (Å²) in [6, 6.07) is 0. The number of morpholine rings is 1. The summed E-state index contributed by atoms with van der Waals surface area (Å²) in [4.78, 5) is 2.49. The van der Waals surface area contributed by atoms with Crippen LogP contribution in [0.2, 0.25) is 0 Å². The van der Waals surface area contributed by atoms with Crippen LogP contribution in [0.3, 0.4) is 0 Å². The van der Waals surface area contributed by atoms with E-state index in [2.05, 4.69) is 17.1 Å². The normalized spacial score (nSPS) is 16.6. The standard InChI is InChI=1S/C16H34N2O2/c1-2-3-4-5-13-19-14-7-9-17-8-6-10-18-11-15-20-16-12-18/h17H,2-16H2,1H3. The first-order valence-electron chi connectivity index (χ1n) is 8.52. The average molecular weight is 286 g/mol. The van der Waals surface area contributed by atoms with E-state index in [1.165, 1.54) is 38.6 Å². The number of ether oxygens (including phenoxy) is 2. The predicted molar refractivity (Wildman–Crippen MR) is 84.3 cm³/mol. The number of unbranched alkanes of at least 4 members (excludes halogenated alkanes) is 3. The molecule has 1 rings (SSSR count). The number of rotatable bonds is 13. The van der Waals surface area contributed by atoms with Gasteiger partial charge in [0.05, 0.1) is 13.2 Å². The van der Waals surface area contributed by atoms with Crippen molar-refractivity contribution >= 4 is 0 Å². The van der Waals surface area contributed by atoms with Crippen molar-refractivity contribution < 1.29 is 9.47 Å². The van der Waals surface area contributed by atoms with Crippen molar-refractivity contribution in [3.63, 3.8) is 0 Å². The summed E-state index contributed by atoms with van der Waals surface area (Å²) in [5, 5.41) is 3.50. The van der Waals surface area contributed by atoms with Gasteiger partial charge < -0.3 is 14.8 Å². The van der Waals surface area contributed by atoms with Crippen LogP contribution in [-0.4, -0.2) is 64.1 Å². The van der Waals surface area contributed by atoms with Crippen LogP contribution < -0.4 is 5.32 Å². The number of hydrogen-bond acceptors (Lipinski definition) is 4. The smallest absolute Gasteiger partial charge is 0.0594 e. The summed E-state index contributed by atoms with van der Waals surface area (Å²) in [6.45, 7) is 11.5. The van der Waals surface area contributed by atoms with Crippen LogP contribution in [0.4, 0.5) is 0 Å². The molecule has 1 heterocycles. The van der Waals surface area contributed by atoms with Crippen LogP contribution in [0.25, 0.3) is 0 Å². The van der Waals surface area contributed by atoms with E-state index < -0.39 is 0 Å². The Labute approximate surface area is 125 Å². The topological polar surface area (TPSA) is 33.7 Å². The van der Waals surface area contributed by atoms with Crippen LogP contribution in [0, 0.1) is 0 Å². The molecule has 0 bridgehead atoms. The highest BCUT2D eigenvalue weighted by molar-refractivity contribution is 4.62. The molecule has 1 fully saturated rings. The zero-order chi connectivity index (χ0) is 14.3. The van der Waals surface area contributed by atoms with Gasteiger partial charge in [0.2, 0.25) is 0 Å². The molecule has 0 spiro atoms. The quantitative estimate of drug-likeness (QED) is 0.527. The van der Waals surface area contributed by atoms with Crippen molar-refractivity contribution in [3.05, 3.63) is 0 Å². The fourth-order valence-corrected chi connectivity index (χ4v) is 2.41. The molecule has 1 N–H and O–H groups in total. The third-order valence-corrected chi connectivity index (χ3v) is 3.72. The van der Waals surface area contributed by atoms with Crippen LogP contribution in [-0.2, 0) is 9.47 Å². The maximum atomic E-state index is 5.62. The fraction of sp³-hybridized carbons (Fsp3) is 1.00. The van der Waals surface area contributed by atoms with Crippen LogP contribution in [0.5, 0.6) is 0 Å². The molecular formula is C16H34N2O2. The Hall–Kier alpha value is -0.160. The van der Waals surface area contributed by atoms with Crippen molar-refractivity contribution in [3.8, 4) is 0 Å². The largest absolute Gasteiger partial charge is 0.381 e. The zero-order valence-corrected chi connectivity index (χ0v) is 13.4. The lowest BCUT2D eigenvalue weighted by Gasteiger charge is -2.26. The lowest BCUT2D eigenvalue weighted by atomic mass is 10.2. The molecule has 1 saturated heterocycles. The molecule has 1 aliphatic heterocycles. The van der Waals surface area contributed by atoms with Gasteiger partial charge in [0.25, 0.3) is 0 Å². The zero-order valence-electron chi connectivity index (χ0n) is 13.4. The molecule has 0 atom stereocenters. The number of nitrogens with zero attached hydrogens (tertiary/aromatic N) is 1. The predicted octanol–water partition coefficient (Wildman–Crippen LogP) is 2.29. The van der Waals surface area contributed by atoms with Gasteiger partial charge in [0.15, 0.2) is 0 Å². The van der Waals surface area contributed by atoms with Crippen molar-refractivity contribution in [2.75, 3.05) is 59.2 Å². The van der Waals surface area contributed by atoms with Gasteiger partial charge in [-0.3, -0.25) is 4.90 Å². The van der Waals surface area contributed by atoms with Gasteiger partial charge in [-0.1, -0.05) is 26.2 Å². The van der Waals surface area contributed by atoms with Crippen LogP contribution >= 0.6 is 0 Å². The van der Waals surface area contributed by atoms with Crippen molar-refractivity contribution in [2.24, 2.45) is 0 Å². The van der Waals surface area contributed by atoms with E-state index in [-0.39, 0.29) is 0 Å². The molecule has 0 aromatic rings. The van der Waals surface area contributed by atoms with Gasteiger partial charge in [0.1, 0.15) is 0 Å². The average Bonchev–Trinajstić information content (AvgIpc) is 2.49. The summed E-state index contributed by atoms with van der Waals surface area (Å²) in [5.74, 6) is 0. The summed E-state index contributed by atoms with van der Waals surface area (Å²) in [6.07, 6.45) is 7.54. The molecule has 0 amide bonds. The highest BCUT2D eigenvalue weighted by Gasteiger charge is 2.08. The van der Waals surface area contributed by atoms with Gasteiger partial charge in [-0.15, -0.1) is 0 Å². The van der Waals surface area contributed by atoms with Crippen LogP contribution in [0.1, 0.15) is 45.4 Å². The second-order valence-corrected chi connectivity index (χ2v) is 5.58. The molecule has 120 valence electrons. The van der Waals surface area contributed by atoms with E-state index >= 15 is 0 Å². The molecule has 4 heteroatoms. The molecule has 0 aliphatic carbocycles. The third kappa shape index (κ3) is 10.6. The second-order valence-electron chi connectivity index (χ2n) is 5.58. The molecule has 4 nitrogen and oxygen atoms in total. The maximum Gasteiger partial charge on any atom is 0.0594 e. The van der Waals surface area contributed by atoms with Crippen molar-refractivity contribution in [1.82, 2.24) is 10.2 Å². The highest BCUT2D eigenvalue weighted by atomic mass is 16.5. The Kier molecular flexibility index (Phi) is 12.3. The van der Waals surface area contributed by atoms with Crippen molar-refractivity contribution in [2.45, 2.75) is 45.4 Å². The molecular weight excluding hydrogens is 252 g/mol. The van der Waals surface area contributed by atoms with Crippen molar-refractivity contribution in [1.29, 1.82) is 0 Å². The Morgan fingerprint density at radius 3 is 2.50 bits per heavy atom. The molecule has 0 aromatic carbocycles. The van der Waals surface area contributed by atoms with Gasteiger partial charge in [-0.2, -0.15) is 0 Å². The van der Waals surface area contributed by atoms with Gasteiger partial charge in [0, 0.05) is 26.3 Å². The Morgan fingerprint density at radius 1 is 0.950 bits per heavy atom. The van der Waals surface area contributed by atoms with Crippen LogP contribution in [0.15, 0.2) is 0 Å². The minimum atomic E-state index is 0.905. The summed E-state index contributed by atoms with van der Waals surface area (Å²) in [7, 11) is 0. The van der Waals surface area contributed by atoms with E-state index in [9.17, 15) is 0 Å². The molecule has 0 unspecified atom stereocenters. The fourth-order valence-electron chi connectivity index (χ4n) is 2.41. The molecule has 0 aromatic heterocycles. The number of nitrogens with one attached hydrogen (secondary N) is 1. The van der Waals surface area contributed by atoms with E-state index in [1.54, 1.807) is 0 Å². The Balaban J connectivity index is 1.70. The SMILES string of the molecule is CCCCCCOCCCNCCCN1CCOCC1. The Bertz CT molecular complexity index is 197. The molecule has 1 aliphatic rings. The first kappa shape index (κ1) is 17.9. The highest BCUT2D eigenvalue weighted by Crippen LogP contribution is 1.99. The van der Waals surface area contributed by atoms with Gasteiger partial charge >= 0.3 is 0 Å².